The fourth-order valence-corrected chi connectivity index (χ4v) is 2.49. The molecule has 0 rings (SSSR count). The number of unbranched alkanes of at least 4 members (excludes halogenated alkanes) is 5. The fourth-order valence-electron chi connectivity index (χ4n) is 2.49. The van der Waals surface area contributed by atoms with Gasteiger partial charge in [0, 0.05) is 24.5 Å². The molecule has 0 aromatic rings. The van der Waals surface area contributed by atoms with Gasteiger partial charge in [0.15, 0.2) is 0 Å². The maximum absolute atomic E-state index is 11.3. The number of carbonyl (C=O) groups excluding carboxylic acids is 2. The van der Waals surface area contributed by atoms with Gasteiger partial charge in [0.05, 0.1) is 27.2 Å². The summed E-state index contributed by atoms with van der Waals surface area (Å²) in [5, 5.41) is 13.3. The number of nitrogens with zero attached hydrogens (tertiary/aromatic N) is 1. The molecule has 0 bridgehead atoms. The van der Waals surface area contributed by atoms with Crippen molar-refractivity contribution in [3.05, 3.63) is 12.2 Å². The van der Waals surface area contributed by atoms with Gasteiger partial charge in [-0.2, -0.15) is 0 Å². The van der Waals surface area contributed by atoms with Crippen LogP contribution in [0, 0.1) is 0 Å². The van der Waals surface area contributed by atoms with Crippen molar-refractivity contribution < 1.29 is 19.2 Å². The molecule has 0 unspecified atom stereocenters. The minimum Gasteiger partial charge on any atom is -0.550 e. The summed E-state index contributed by atoms with van der Waals surface area (Å²) >= 11 is 0. The molecule has 0 aromatic carbocycles. The monoisotopic (exact) mass is 326 g/mol. The average molecular weight is 326 g/mol. The van der Waals surface area contributed by atoms with Gasteiger partial charge >= 0.3 is 0 Å². The fraction of sp³-hybridized carbons (Fsp3) is 0.778. The van der Waals surface area contributed by atoms with E-state index in [-0.39, 0.29) is 12.3 Å². The number of carboxylic acids is 1. The molecule has 0 aliphatic rings. The van der Waals surface area contributed by atoms with Gasteiger partial charge in [0.25, 0.3) is 0 Å². The lowest BCUT2D eigenvalue weighted by atomic mass is 10.1. The first-order chi connectivity index (χ1) is 10.7. The summed E-state index contributed by atoms with van der Waals surface area (Å²) in [6, 6.07) is 0. The third-order valence-electron chi connectivity index (χ3n) is 4.01. The Morgan fingerprint density at radius 1 is 0.957 bits per heavy atom. The third-order valence-corrected chi connectivity index (χ3v) is 4.01. The van der Waals surface area contributed by atoms with Crippen molar-refractivity contribution in [1.82, 2.24) is 5.32 Å². The lowest BCUT2D eigenvalue weighted by Gasteiger charge is -2.30. The van der Waals surface area contributed by atoms with Crippen LogP contribution in [0.4, 0.5) is 0 Å². The zero-order valence-electron chi connectivity index (χ0n) is 15.2. The number of aliphatic carboxylic acids is 1. The highest BCUT2D eigenvalue weighted by Gasteiger charge is 2.13. The molecule has 0 heterocycles. The van der Waals surface area contributed by atoms with Crippen LogP contribution in [0.3, 0.4) is 0 Å². The molecule has 0 radical (unpaired) electrons. The van der Waals surface area contributed by atoms with Gasteiger partial charge in [0.1, 0.15) is 0 Å². The molecule has 23 heavy (non-hydrogen) atoms. The second kappa shape index (κ2) is 12.1. The van der Waals surface area contributed by atoms with Crippen LogP contribution in [-0.2, 0) is 9.59 Å². The van der Waals surface area contributed by atoms with Gasteiger partial charge in [-0.15, -0.1) is 0 Å². The van der Waals surface area contributed by atoms with Crippen LogP contribution < -0.4 is 10.4 Å². The Bertz CT molecular complexity index is 378. The molecule has 1 amide bonds. The average Bonchev–Trinajstić information content (AvgIpc) is 2.44. The van der Waals surface area contributed by atoms with Crippen molar-refractivity contribution >= 4 is 11.9 Å². The Morgan fingerprint density at radius 2 is 1.48 bits per heavy atom. The zero-order valence-corrected chi connectivity index (χ0v) is 15.2. The normalized spacial score (nSPS) is 11.3. The predicted octanol–water partition coefficient (Wildman–Crippen LogP) is 1.63. The van der Waals surface area contributed by atoms with E-state index in [1.165, 1.54) is 25.7 Å². The van der Waals surface area contributed by atoms with Crippen LogP contribution >= 0.6 is 0 Å². The number of quaternary nitrogens is 1. The van der Waals surface area contributed by atoms with E-state index < -0.39 is 5.97 Å². The summed E-state index contributed by atoms with van der Waals surface area (Å²) in [7, 11) is 4.30. The number of nitrogens with one attached hydrogen (secondary N) is 1. The van der Waals surface area contributed by atoms with E-state index in [0.29, 0.717) is 12.0 Å². The van der Waals surface area contributed by atoms with Crippen LogP contribution in [-0.4, -0.2) is 50.1 Å². The zero-order chi connectivity index (χ0) is 17.7. The summed E-state index contributed by atoms with van der Waals surface area (Å²) in [5.41, 5.74) is 0.561. The molecule has 5 heteroatoms. The van der Waals surface area contributed by atoms with Gasteiger partial charge < -0.3 is 19.7 Å². The molecule has 0 aromatic heterocycles. The van der Waals surface area contributed by atoms with Crippen LogP contribution in [0.25, 0.3) is 0 Å². The first kappa shape index (κ1) is 21.6. The topological polar surface area (TPSA) is 69.2 Å². The van der Waals surface area contributed by atoms with Crippen LogP contribution in [0.1, 0.15) is 58.3 Å². The maximum Gasteiger partial charge on any atom is 0.246 e. The lowest BCUT2D eigenvalue weighted by Crippen LogP contribution is -2.41. The van der Waals surface area contributed by atoms with Gasteiger partial charge in [0.2, 0.25) is 5.91 Å². The number of carbonyl (C=O) groups is 2. The Labute approximate surface area is 141 Å². The van der Waals surface area contributed by atoms with E-state index in [1.54, 1.807) is 6.92 Å². The number of hydrogen-bond donors (Lipinski definition) is 1. The van der Waals surface area contributed by atoms with E-state index >= 15 is 0 Å². The molecule has 0 fully saturated rings. The lowest BCUT2D eigenvalue weighted by molar-refractivity contribution is -0.890. The molecule has 0 aliphatic carbocycles. The van der Waals surface area contributed by atoms with Gasteiger partial charge in [-0.05, 0) is 32.6 Å². The molecular weight excluding hydrogens is 292 g/mol. The highest BCUT2D eigenvalue weighted by Crippen LogP contribution is 2.09. The summed E-state index contributed by atoms with van der Waals surface area (Å²) in [4.78, 5) is 21.7. The highest BCUT2D eigenvalue weighted by atomic mass is 16.4. The van der Waals surface area contributed by atoms with Crippen molar-refractivity contribution in [2.24, 2.45) is 0 Å². The molecule has 0 saturated heterocycles. The van der Waals surface area contributed by atoms with Crippen molar-refractivity contribution in [3.8, 4) is 0 Å². The number of amides is 1. The molecule has 5 nitrogen and oxygen atoms in total. The smallest absolute Gasteiger partial charge is 0.246 e. The van der Waals surface area contributed by atoms with E-state index in [9.17, 15) is 14.7 Å². The minimum atomic E-state index is -0.954. The molecule has 0 atom stereocenters. The van der Waals surface area contributed by atoms with Crippen molar-refractivity contribution in [2.45, 2.75) is 58.3 Å². The SMILES string of the molecule is C=C(C)C(=O)NCCCCCCCC[N+](C)(C)CCCC(=O)[O-]. The standard InChI is InChI=1S/C18H34N2O3/c1-16(2)18(23)19-13-9-7-5-6-8-10-14-20(3,4)15-11-12-17(21)22/h1,5-15H2,2-4H3,(H-,19,21,22,23). The maximum atomic E-state index is 11.3. The summed E-state index contributed by atoms with van der Waals surface area (Å²) in [6.07, 6.45) is 7.79. The van der Waals surface area contributed by atoms with Crippen LogP contribution in [0.2, 0.25) is 0 Å². The first-order valence-corrected chi connectivity index (χ1v) is 8.70. The molecule has 0 aliphatic heterocycles. The van der Waals surface area contributed by atoms with E-state index in [1.807, 2.05) is 0 Å². The number of rotatable bonds is 14. The van der Waals surface area contributed by atoms with Crippen LogP contribution in [0.15, 0.2) is 12.2 Å². The second-order valence-corrected chi connectivity index (χ2v) is 7.02. The molecule has 0 saturated carbocycles. The summed E-state index contributed by atoms with van der Waals surface area (Å²) < 4.78 is 0.875. The van der Waals surface area contributed by atoms with Crippen molar-refractivity contribution in [1.29, 1.82) is 0 Å². The molecular formula is C18H34N2O3. The van der Waals surface area contributed by atoms with Gasteiger partial charge in [-0.25, -0.2) is 0 Å². The van der Waals surface area contributed by atoms with E-state index in [4.69, 9.17) is 0 Å². The van der Waals surface area contributed by atoms with E-state index in [0.717, 1.165) is 37.0 Å². The van der Waals surface area contributed by atoms with E-state index in [2.05, 4.69) is 26.0 Å². The summed E-state index contributed by atoms with van der Waals surface area (Å²) in [6.45, 7) is 8.02. The summed E-state index contributed by atoms with van der Waals surface area (Å²) in [5.74, 6) is -1.01. The minimum absolute atomic E-state index is 0.0521. The Kier molecular flexibility index (Phi) is 11.4. The third kappa shape index (κ3) is 14.0. The van der Waals surface area contributed by atoms with Gasteiger partial charge in [-0.3, -0.25) is 4.79 Å². The Hall–Kier alpha value is -1.36. The van der Waals surface area contributed by atoms with Gasteiger partial charge in [-0.1, -0.05) is 25.8 Å². The van der Waals surface area contributed by atoms with Crippen LogP contribution in [0.5, 0.6) is 0 Å². The second-order valence-electron chi connectivity index (χ2n) is 7.02. The number of hydrogen-bond acceptors (Lipinski definition) is 3. The number of carboxylic acid groups (broad SMARTS) is 1. The first-order valence-electron chi connectivity index (χ1n) is 8.70. The molecule has 134 valence electrons. The predicted molar refractivity (Wildman–Crippen MR) is 91.6 cm³/mol. The van der Waals surface area contributed by atoms with Crippen molar-refractivity contribution in [2.75, 3.05) is 33.7 Å². The quantitative estimate of drug-likeness (QED) is 0.300. The molecule has 0 spiro atoms. The molecule has 1 N–H and O–H groups in total. The highest BCUT2D eigenvalue weighted by molar-refractivity contribution is 5.91. The Morgan fingerprint density at radius 3 is 2.04 bits per heavy atom. The largest absolute Gasteiger partial charge is 0.550 e. The van der Waals surface area contributed by atoms with Crippen molar-refractivity contribution in [3.63, 3.8) is 0 Å². The Balaban J connectivity index is 3.46.